The van der Waals surface area contributed by atoms with Crippen LogP contribution in [0.15, 0.2) is 18.2 Å². The molecular weight excluding hydrogens is 354 g/mol. The Balaban J connectivity index is 0.00000196. The van der Waals surface area contributed by atoms with Gasteiger partial charge in [0.2, 0.25) is 11.8 Å². The summed E-state index contributed by atoms with van der Waals surface area (Å²) in [6.07, 6.45) is 0.846. The molecule has 0 saturated carbocycles. The highest BCUT2D eigenvalue weighted by molar-refractivity contribution is 6.02. The number of aryl methyl sites for hydroxylation is 3. The van der Waals surface area contributed by atoms with Crippen LogP contribution >= 0.6 is 12.4 Å². The van der Waals surface area contributed by atoms with Crippen LogP contribution in [0.5, 0.6) is 0 Å². The van der Waals surface area contributed by atoms with Crippen molar-refractivity contribution in [2.24, 2.45) is 7.05 Å². The molecule has 0 radical (unpaired) electrons. The maximum absolute atomic E-state index is 12.2. The lowest BCUT2D eigenvalue weighted by Gasteiger charge is -2.19. The fourth-order valence-electron chi connectivity index (χ4n) is 3.63. The van der Waals surface area contributed by atoms with Crippen LogP contribution in [0.1, 0.15) is 35.8 Å². The molecule has 0 bridgehead atoms. The summed E-state index contributed by atoms with van der Waals surface area (Å²) in [4.78, 5) is 23.6. The number of H-pyrrole nitrogens is 1. The van der Waals surface area contributed by atoms with E-state index in [1.54, 1.807) is 4.68 Å². The SMILES string of the molecule is Cc1n[nH]c(C)c1-c1ccc2c(C3CCC(=O)NC3=O)nn(C)c2c1.Cl. The highest BCUT2D eigenvalue weighted by Gasteiger charge is 2.31. The molecule has 26 heavy (non-hydrogen) atoms. The second-order valence-corrected chi connectivity index (χ2v) is 6.55. The number of hydrogen-bond donors (Lipinski definition) is 2. The molecule has 1 fully saturated rings. The van der Waals surface area contributed by atoms with E-state index in [4.69, 9.17) is 0 Å². The molecule has 1 aliphatic heterocycles. The van der Waals surface area contributed by atoms with Crippen molar-refractivity contribution in [3.8, 4) is 11.1 Å². The van der Waals surface area contributed by atoms with Crippen molar-refractivity contribution in [2.75, 3.05) is 0 Å². The first kappa shape index (κ1) is 18.1. The lowest BCUT2D eigenvalue weighted by molar-refractivity contribution is -0.134. The van der Waals surface area contributed by atoms with Crippen LogP contribution in [-0.2, 0) is 16.6 Å². The molecule has 1 saturated heterocycles. The average Bonchev–Trinajstić information content (AvgIpc) is 3.07. The Hall–Kier alpha value is -2.67. The Bertz CT molecular complexity index is 1000. The quantitative estimate of drug-likeness (QED) is 0.675. The Morgan fingerprint density at radius 3 is 2.65 bits per heavy atom. The van der Waals surface area contributed by atoms with Crippen LogP contribution in [0.4, 0.5) is 0 Å². The number of rotatable bonds is 2. The molecule has 1 unspecified atom stereocenters. The molecule has 4 rings (SSSR count). The van der Waals surface area contributed by atoms with Crippen LogP contribution < -0.4 is 5.32 Å². The van der Waals surface area contributed by atoms with Crippen LogP contribution in [0.2, 0.25) is 0 Å². The summed E-state index contributed by atoms with van der Waals surface area (Å²) >= 11 is 0. The molecule has 0 spiro atoms. The predicted octanol–water partition coefficient (Wildman–Crippen LogP) is 2.52. The zero-order valence-electron chi connectivity index (χ0n) is 14.8. The van der Waals surface area contributed by atoms with Crippen molar-refractivity contribution in [3.63, 3.8) is 0 Å². The van der Waals surface area contributed by atoms with E-state index in [1.807, 2.05) is 33.0 Å². The number of halogens is 1. The van der Waals surface area contributed by atoms with Gasteiger partial charge in [-0.05, 0) is 31.9 Å². The minimum atomic E-state index is -0.385. The molecule has 1 atom stereocenters. The first-order chi connectivity index (χ1) is 12.0. The molecule has 7 nitrogen and oxygen atoms in total. The first-order valence-electron chi connectivity index (χ1n) is 8.28. The summed E-state index contributed by atoms with van der Waals surface area (Å²) in [7, 11) is 1.87. The summed E-state index contributed by atoms with van der Waals surface area (Å²) in [6.45, 7) is 3.97. The second kappa shape index (κ2) is 6.57. The van der Waals surface area contributed by atoms with Gasteiger partial charge in [0.1, 0.15) is 0 Å². The summed E-state index contributed by atoms with van der Waals surface area (Å²) in [5.41, 5.74) is 5.81. The van der Waals surface area contributed by atoms with Gasteiger partial charge >= 0.3 is 0 Å². The number of nitrogens with zero attached hydrogens (tertiary/aromatic N) is 3. The third-order valence-corrected chi connectivity index (χ3v) is 4.87. The third-order valence-electron chi connectivity index (χ3n) is 4.87. The number of imide groups is 1. The molecule has 3 heterocycles. The van der Waals surface area contributed by atoms with Gasteiger partial charge in [0.25, 0.3) is 0 Å². The van der Waals surface area contributed by atoms with E-state index in [0.717, 1.165) is 39.1 Å². The lowest BCUT2D eigenvalue weighted by atomic mass is 9.92. The van der Waals surface area contributed by atoms with Gasteiger partial charge in [0.05, 0.1) is 22.8 Å². The van der Waals surface area contributed by atoms with Gasteiger partial charge < -0.3 is 0 Å². The Labute approximate surface area is 156 Å². The number of aromatic amines is 1. The van der Waals surface area contributed by atoms with Crippen molar-refractivity contribution in [1.82, 2.24) is 25.3 Å². The Kier molecular flexibility index (Phi) is 4.58. The number of carbonyl (C=O) groups is 2. The molecule has 2 amide bonds. The van der Waals surface area contributed by atoms with E-state index in [9.17, 15) is 9.59 Å². The summed E-state index contributed by atoms with van der Waals surface area (Å²) < 4.78 is 1.79. The van der Waals surface area contributed by atoms with Crippen molar-refractivity contribution in [3.05, 3.63) is 35.3 Å². The van der Waals surface area contributed by atoms with Crippen molar-refractivity contribution in [1.29, 1.82) is 0 Å². The predicted molar refractivity (Wildman–Crippen MR) is 100 cm³/mol. The molecule has 136 valence electrons. The van der Waals surface area contributed by atoms with Crippen LogP contribution in [-0.4, -0.2) is 31.8 Å². The number of hydrogen-bond acceptors (Lipinski definition) is 4. The molecule has 1 aromatic carbocycles. The third kappa shape index (κ3) is 2.78. The molecule has 3 aromatic rings. The Morgan fingerprint density at radius 2 is 2.00 bits per heavy atom. The highest BCUT2D eigenvalue weighted by Crippen LogP contribution is 2.33. The first-order valence-corrected chi connectivity index (χ1v) is 8.28. The number of amides is 2. The molecule has 0 aliphatic carbocycles. The lowest BCUT2D eigenvalue weighted by Crippen LogP contribution is -2.39. The zero-order chi connectivity index (χ0) is 17.7. The minimum Gasteiger partial charge on any atom is -0.296 e. The molecule has 8 heteroatoms. The van der Waals surface area contributed by atoms with Crippen molar-refractivity contribution in [2.45, 2.75) is 32.6 Å². The van der Waals surface area contributed by atoms with Crippen LogP contribution in [0.25, 0.3) is 22.0 Å². The fraction of sp³-hybridized carbons (Fsp3) is 0.333. The number of benzene rings is 1. The van der Waals surface area contributed by atoms with Gasteiger partial charge in [-0.3, -0.25) is 24.7 Å². The topological polar surface area (TPSA) is 92.7 Å². The van der Waals surface area contributed by atoms with Gasteiger partial charge in [0, 0.05) is 30.1 Å². The Morgan fingerprint density at radius 1 is 1.23 bits per heavy atom. The van der Waals surface area contributed by atoms with Gasteiger partial charge in [-0.25, -0.2) is 0 Å². The van der Waals surface area contributed by atoms with Gasteiger partial charge in [-0.2, -0.15) is 10.2 Å². The summed E-state index contributed by atoms with van der Waals surface area (Å²) in [5, 5.41) is 15.2. The molecule has 2 aromatic heterocycles. The zero-order valence-corrected chi connectivity index (χ0v) is 15.6. The van der Waals surface area contributed by atoms with E-state index < -0.39 is 0 Å². The molecule has 1 aliphatic rings. The van der Waals surface area contributed by atoms with Gasteiger partial charge in [-0.15, -0.1) is 12.4 Å². The second-order valence-electron chi connectivity index (χ2n) is 6.55. The fourth-order valence-corrected chi connectivity index (χ4v) is 3.63. The maximum Gasteiger partial charge on any atom is 0.235 e. The average molecular weight is 374 g/mol. The maximum atomic E-state index is 12.2. The summed E-state index contributed by atoms with van der Waals surface area (Å²) in [6, 6.07) is 6.11. The monoisotopic (exact) mass is 373 g/mol. The van der Waals surface area contributed by atoms with E-state index in [0.29, 0.717) is 12.8 Å². The van der Waals surface area contributed by atoms with Gasteiger partial charge in [0.15, 0.2) is 0 Å². The smallest absolute Gasteiger partial charge is 0.235 e. The van der Waals surface area contributed by atoms with E-state index in [1.165, 1.54) is 0 Å². The standard InChI is InChI=1S/C18H19N5O2.ClH/c1-9-16(10(2)21-20-9)11-4-5-12-14(8-11)23(3)22-17(12)13-6-7-15(24)19-18(13)25;/h4-5,8,13H,6-7H2,1-3H3,(H,20,21)(H,19,24,25);1H. The molecule has 2 N–H and O–H groups in total. The number of nitrogens with one attached hydrogen (secondary N) is 2. The van der Waals surface area contributed by atoms with E-state index in [2.05, 4.69) is 26.7 Å². The normalized spacial score (nSPS) is 17.3. The largest absolute Gasteiger partial charge is 0.296 e. The van der Waals surface area contributed by atoms with E-state index >= 15 is 0 Å². The van der Waals surface area contributed by atoms with Crippen molar-refractivity contribution >= 4 is 35.1 Å². The number of fused-ring (bicyclic) bond motifs is 1. The number of piperidine rings is 1. The molecular formula is C18H20ClN5O2. The summed E-state index contributed by atoms with van der Waals surface area (Å²) in [5.74, 6) is -0.860. The minimum absolute atomic E-state index is 0. The van der Waals surface area contributed by atoms with E-state index in [-0.39, 0.29) is 30.1 Å². The van der Waals surface area contributed by atoms with Crippen molar-refractivity contribution < 1.29 is 9.59 Å². The van der Waals surface area contributed by atoms with Crippen LogP contribution in [0.3, 0.4) is 0 Å². The van der Waals surface area contributed by atoms with Crippen LogP contribution in [0, 0.1) is 13.8 Å². The highest BCUT2D eigenvalue weighted by atomic mass is 35.5. The van der Waals surface area contributed by atoms with Gasteiger partial charge in [-0.1, -0.05) is 12.1 Å². The number of carbonyl (C=O) groups excluding carboxylic acids is 2. The number of aromatic nitrogens is 4.